The number of halogens is 1. The fraction of sp³-hybridized carbons (Fsp3) is 0.556. The number of carbonyl (C=O) groups excluding carboxylic acids is 1. The van der Waals surface area contributed by atoms with Crippen LogP contribution >= 0.6 is 12.4 Å². The molecule has 1 amide bonds. The van der Waals surface area contributed by atoms with Gasteiger partial charge in [-0.05, 0) is 24.9 Å². The van der Waals surface area contributed by atoms with Gasteiger partial charge < -0.3 is 10.0 Å². The number of sulfonamides is 1. The number of benzene rings is 1. The minimum atomic E-state index is -3.42. The number of carboxylic acid groups (broad SMARTS) is 1. The highest BCUT2D eigenvalue weighted by atomic mass is 35.5. The van der Waals surface area contributed by atoms with Crippen LogP contribution in [-0.4, -0.2) is 84.8 Å². The molecular weight excluding hydrogens is 406 g/mol. The van der Waals surface area contributed by atoms with Gasteiger partial charge in [0.2, 0.25) is 15.9 Å². The van der Waals surface area contributed by atoms with E-state index in [2.05, 4.69) is 0 Å². The summed E-state index contributed by atoms with van der Waals surface area (Å²) in [5.41, 5.74) is 0.741. The summed E-state index contributed by atoms with van der Waals surface area (Å²) in [5.74, 6) is -1.07. The van der Waals surface area contributed by atoms with E-state index in [1.54, 1.807) is 21.9 Å². The number of hydrogen-bond acceptors (Lipinski definition) is 5. The molecule has 10 heteroatoms. The zero-order valence-corrected chi connectivity index (χ0v) is 17.2. The Bertz CT molecular complexity index is 782. The summed E-state index contributed by atoms with van der Waals surface area (Å²) in [6.45, 7) is 1.88. The Hall–Kier alpha value is -1.68. The molecular formula is C18H26ClN3O5S. The van der Waals surface area contributed by atoms with Gasteiger partial charge in [-0.3, -0.25) is 14.5 Å². The first kappa shape index (κ1) is 22.6. The second kappa shape index (κ2) is 9.69. The number of nitrogens with zero attached hydrogens (tertiary/aromatic N) is 3. The lowest BCUT2D eigenvalue weighted by Gasteiger charge is -2.35. The van der Waals surface area contributed by atoms with Crippen LogP contribution in [0.1, 0.15) is 18.4 Å². The maximum absolute atomic E-state index is 12.6. The standard InChI is InChI=1S/C18H25N3O5S.ClH/c22-17(13-20-8-4-7-16(20)18(23)24)19-9-11-21(12-10-19)27(25,26)14-15-5-2-1-3-6-15;/h1-3,5-6,16H,4,7-14H2,(H,23,24);1H. The summed E-state index contributed by atoms with van der Waals surface area (Å²) in [7, 11) is -3.42. The number of carbonyl (C=O) groups is 2. The molecule has 0 bridgehead atoms. The third-order valence-electron chi connectivity index (χ3n) is 5.16. The Labute approximate surface area is 171 Å². The van der Waals surface area contributed by atoms with Gasteiger partial charge in [-0.25, -0.2) is 8.42 Å². The van der Waals surface area contributed by atoms with Gasteiger partial charge in [-0.2, -0.15) is 4.31 Å². The fourth-order valence-corrected chi connectivity index (χ4v) is 5.18. The highest BCUT2D eigenvalue weighted by molar-refractivity contribution is 7.88. The molecule has 1 N–H and O–H groups in total. The van der Waals surface area contributed by atoms with E-state index in [-0.39, 0.29) is 43.7 Å². The molecule has 0 aromatic heterocycles. The van der Waals surface area contributed by atoms with Crippen LogP contribution in [0.2, 0.25) is 0 Å². The maximum atomic E-state index is 12.6. The van der Waals surface area contributed by atoms with Gasteiger partial charge in [0.1, 0.15) is 6.04 Å². The van der Waals surface area contributed by atoms with Crippen molar-refractivity contribution in [2.45, 2.75) is 24.6 Å². The molecule has 0 radical (unpaired) electrons. The van der Waals surface area contributed by atoms with Crippen LogP contribution in [0, 0.1) is 0 Å². The van der Waals surface area contributed by atoms with Gasteiger partial charge in [0, 0.05) is 26.2 Å². The molecule has 1 unspecified atom stereocenters. The Morgan fingerprint density at radius 1 is 1.04 bits per heavy atom. The molecule has 1 aromatic carbocycles. The minimum Gasteiger partial charge on any atom is -0.480 e. The first-order chi connectivity index (χ1) is 12.9. The van der Waals surface area contributed by atoms with E-state index in [1.807, 2.05) is 18.2 Å². The maximum Gasteiger partial charge on any atom is 0.320 e. The van der Waals surface area contributed by atoms with E-state index < -0.39 is 22.0 Å². The highest BCUT2D eigenvalue weighted by Gasteiger charge is 2.34. The van der Waals surface area contributed by atoms with Crippen molar-refractivity contribution in [2.24, 2.45) is 0 Å². The predicted octanol–water partition coefficient (Wildman–Crippen LogP) is 0.631. The van der Waals surface area contributed by atoms with Gasteiger partial charge in [0.15, 0.2) is 0 Å². The van der Waals surface area contributed by atoms with Gasteiger partial charge in [0.05, 0.1) is 12.3 Å². The lowest BCUT2D eigenvalue weighted by molar-refractivity contribution is -0.143. The van der Waals surface area contributed by atoms with Crippen LogP contribution in [-0.2, 0) is 25.4 Å². The van der Waals surface area contributed by atoms with Crippen molar-refractivity contribution in [3.63, 3.8) is 0 Å². The quantitative estimate of drug-likeness (QED) is 0.709. The summed E-state index contributed by atoms with van der Waals surface area (Å²) < 4.78 is 26.6. The number of rotatable bonds is 6. The zero-order valence-electron chi connectivity index (χ0n) is 15.6. The summed E-state index contributed by atoms with van der Waals surface area (Å²) >= 11 is 0. The van der Waals surface area contributed by atoms with Gasteiger partial charge in [-0.15, -0.1) is 12.4 Å². The number of carboxylic acids is 1. The Morgan fingerprint density at radius 2 is 1.68 bits per heavy atom. The van der Waals surface area contributed by atoms with Crippen LogP contribution < -0.4 is 0 Å². The molecule has 2 saturated heterocycles. The minimum absolute atomic E-state index is 0. The second-order valence-corrected chi connectivity index (χ2v) is 8.96. The second-order valence-electron chi connectivity index (χ2n) is 6.99. The lowest BCUT2D eigenvalue weighted by Crippen LogP contribution is -2.53. The van der Waals surface area contributed by atoms with Crippen molar-refractivity contribution < 1.29 is 23.1 Å². The van der Waals surface area contributed by atoms with Crippen LogP contribution in [0.3, 0.4) is 0 Å². The monoisotopic (exact) mass is 431 g/mol. The molecule has 1 aromatic rings. The van der Waals surface area contributed by atoms with Crippen molar-refractivity contribution in [1.29, 1.82) is 0 Å². The Morgan fingerprint density at radius 3 is 2.29 bits per heavy atom. The third kappa shape index (κ3) is 5.44. The van der Waals surface area contributed by atoms with Crippen molar-refractivity contribution in [3.05, 3.63) is 35.9 Å². The first-order valence-corrected chi connectivity index (χ1v) is 10.7. The number of piperazine rings is 1. The summed E-state index contributed by atoms with van der Waals surface area (Å²) in [5, 5.41) is 9.21. The molecule has 2 heterocycles. The molecule has 3 rings (SSSR count). The topological polar surface area (TPSA) is 98.2 Å². The van der Waals surface area contributed by atoms with Crippen LogP contribution in [0.4, 0.5) is 0 Å². The third-order valence-corrected chi connectivity index (χ3v) is 7.01. The predicted molar refractivity (Wildman–Crippen MR) is 107 cm³/mol. The SMILES string of the molecule is Cl.O=C(O)C1CCCN1CC(=O)N1CCN(S(=O)(=O)Cc2ccccc2)CC1. The van der Waals surface area contributed by atoms with E-state index in [1.165, 1.54) is 4.31 Å². The molecule has 0 spiro atoms. The normalized spacial score (nSPS) is 21.3. The molecule has 28 heavy (non-hydrogen) atoms. The number of hydrogen-bond donors (Lipinski definition) is 1. The molecule has 0 aliphatic carbocycles. The molecule has 1 atom stereocenters. The van der Waals surface area contributed by atoms with Crippen molar-refractivity contribution in [1.82, 2.24) is 14.1 Å². The zero-order chi connectivity index (χ0) is 19.4. The van der Waals surface area contributed by atoms with Crippen LogP contribution in [0.25, 0.3) is 0 Å². The van der Waals surface area contributed by atoms with Crippen molar-refractivity contribution in [2.75, 3.05) is 39.3 Å². The van der Waals surface area contributed by atoms with Gasteiger partial charge >= 0.3 is 5.97 Å². The molecule has 2 aliphatic heterocycles. The average Bonchev–Trinajstić information content (AvgIpc) is 3.11. The van der Waals surface area contributed by atoms with E-state index in [0.717, 1.165) is 12.0 Å². The average molecular weight is 432 g/mol. The molecule has 2 aliphatic rings. The van der Waals surface area contributed by atoms with E-state index >= 15 is 0 Å². The summed E-state index contributed by atoms with van der Waals surface area (Å²) in [4.78, 5) is 27.1. The highest BCUT2D eigenvalue weighted by Crippen LogP contribution is 2.18. The number of likely N-dealkylation sites (tertiary alicyclic amines) is 1. The molecule has 0 saturated carbocycles. The van der Waals surface area contributed by atoms with E-state index in [0.29, 0.717) is 26.1 Å². The fourth-order valence-electron chi connectivity index (χ4n) is 3.66. The van der Waals surface area contributed by atoms with Crippen molar-refractivity contribution >= 4 is 34.3 Å². The molecule has 8 nitrogen and oxygen atoms in total. The van der Waals surface area contributed by atoms with Crippen LogP contribution in [0.5, 0.6) is 0 Å². The van der Waals surface area contributed by atoms with Crippen molar-refractivity contribution in [3.8, 4) is 0 Å². The van der Waals surface area contributed by atoms with Gasteiger partial charge in [-0.1, -0.05) is 30.3 Å². The van der Waals surface area contributed by atoms with E-state index in [9.17, 15) is 23.1 Å². The summed E-state index contributed by atoms with van der Waals surface area (Å²) in [6, 6.07) is 8.43. The first-order valence-electron chi connectivity index (χ1n) is 9.13. The smallest absolute Gasteiger partial charge is 0.320 e. The lowest BCUT2D eigenvalue weighted by atomic mass is 10.2. The number of aliphatic carboxylic acids is 1. The van der Waals surface area contributed by atoms with Gasteiger partial charge in [0.25, 0.3) is 0 Å². The molecule has 2 fully saturated rings. The Balaban J connectivity index is 0.00000280. The summed E-state index contributed by atoms with van der Waals surface area (Å²) in [6.07, 6.45) is 1.34. The largest absolute Gasteiger partial charge is 0.480 e. The molecule has 156 valence electrons. The van der Waals surface area contributed by atoms with E-state index in [4.69, 9.17) is 0 Å². The van der Waals surface area contributed by atoms with Crippen LogP contribution in [0.15, 0.2) is 30.3 Å². The Kier molecular flexibility index (Phi) is 7.82. The number of amides is 1.